The van der Waals surface area contributed by atoms with Crippen LogP contribution in [0, 0.1) is 12.8 Å². The average molecular weight is 269 g/mol. The Hall–Kier alpha value is -0.300. The highest BCUT2D eigenvalue weighted by Gasteiger charge is 2.10. The van der Waals surface area contributed by atoms with E-state index in [2.05, 4.69) is 61.0 Å². The van der Waals surface area contributed by atoms with Crippen molar-refractivity contribution in [1.29, 1.82) is 0 Å². The van der Waals surface area contributed by atoms with E-state index in [4.69, 9.17) is 0 Å². The van der Waals surface area contributed by atoms with Crippen LogP contribution in [0.2, 0.25) is 0 Å². The molecule has 0 aliphatic rings. The zero-order valence-corrected chi connectivity index (χ0v) is 11.5. The molecule has 0 heterocycles. The Morgan fingerprint density at radius 3 is 2.13 bits per heavy atom. The summed E-state index contributed by atoms with van der Waals surface area (Å²) >= 11 is 3.62. The number of hydrogen-bond donors (Lipinski definition) is 0. The highest BCUT2D eigenvalue weighted by atomic mass is 79.9. The Balaban J connectivity index is 2.61. The number of aryl methyl sites for hydroxylation is 1. The maximum Gasteiger partial charge on any atom is 0.0100 e. The van der Waals surface area contributed by atoms with Crippen molar-refractivity contribution in [2.75, 3.05) is 5.33 Å². The van der Waals surface area contributed by atoms with Gasteiger partial charge >= 0.3 is 0 Å². The van der Waals surface area contributed by atoms with Gasteiger partial charge < -0.3 is 0 Å². The van der Waals surface area contributed by atoms with Crippen molar-refractivity contribution in [3.63, 3.8) is 0 Å². The smallest absolute Gasteiger partial charge is 0.0100 e. The molecule has 0 amide bonds. The van der Waals surface area contributed by atoms with E-state index in [-0.39, 0.29) is 0 Å². The predicted molar refractivity (Wildman–Crippen MR) is 71.8 cm³/mol. The zero-order valence-electron chi connectivity index (χ0n) is 9.96. The summed E-state index contributed by atoms with van der Waals surface area (Å²) in [5.41, 5.74) is 2.81. The van der Waals surface area contributed by atoms with Gasteiger partial charge in [0.1, 0.15) is 0 Å². The lowest BCUT2D eigenvalue weighted by Crippen LogP contribution is -2.02. The second-order valence-electron chi connectivity index (χ2n) is 4.73. The van der Waals surface area contributed by atoms with Gasteiger partial charge in [-0.15, -0.1) is 0 Å². The molecule has 1 aromatic rings. The van der Waals surface area contributed by atoms with E-state index in [0.717, 1.165) is 11.2 Å². The molecule has 0 nitrogen and oxygen atoms in total. The van der Waals surface area contributed by atoms with E-state index in [0.29, 0.717) is 5.92 Å². The van der Waals surface area contributed by atoms with E-state index in [9.17, 15) is 0 Å². The first kappa shape index (κ1) is 12.8. The van der Waals surface area contributed by atoms with Gasteiger partial charge in [-0.1, -0.05) is 66.0 Å². The first-order valence-corrected chi connectivity index (χ1v) is 6.88. The number of halogens is 1. The monoisotopic (exact) mass is 268 g/mol. The molecule has 1 rings (SSSR count). The molecule has 0 aromatic heterocycles. The maximum atomic E-state index is 3.62. The summed E-state index contributed by atoms with van der Waals surface area (Å²) in [5.74, 6) is 1.48. The van der Waals surface area contributed by atoms with E-state index in [1.807, 2.05) is 0 Å². The van der Waals surface area contributed by atoms with Gasteiger partial charge in [0.2, 0.25) is 0 Å². The summed E-state index contributed by atoms with van der Waals surface area (Å²) in [7, 11) is 0. The van der Waals surface area contributed by atoms with Crippen LogP contribution in [-0.2, 0) is 0 Å². The summed E-state index contributed by atoms with van der Waals surface area (Å²) < 4.78 is 0. The van der Waals surface area contributed by atoms with Gasteiger partial charge in [0.25, 0.3) is 0 Å². The molecule has 0 radical (unpaired) electrons. The standard InChI is InChI=1S/C14H21Br/c1-11(2)4-7-14(10-15)13-8-5-12(3)6-9-13/h5-6,8-9,11,14H,4,7,10H2,1-3H3. The van der Waals surface area contributed by atoms with Crippen LogP contribution in [0.25, 0.3) is 0 Å². The Labute approximate surface area is 102 Å². The molecule has 0 N–H and O–H groups in total. The summed E-state index contributed by atoms with van der Waals surface area (Å²) in [6, 6.07) is 8.95. The summed E-state index contributed by atoms with van der Waals surface area (Å²) in [6.45, 7) is 6.72. The highest BCUT2D eigenvalue weighted by Crippen LogP contribution is 2.25. The predicted octanol–water partition coefficient (Wildman–Crippen LogP) is 4.91. The lowest BCUT2D eigenvalue weighted by molar-refractivity contribution is 0.521. The Morgan fingerprint density at radius 2 is 1.67 bits per heavy atom. The second kappa shape index (κ2) is 6.32. The van der Waals surface area contributed by atoms with Crippen LogP contribution in [0.3, 0.4) is 0 Å². The van der Waals surface area contributed by atoms with Gasteiger partial charge in [-0.3, -0.25) is 0 Å². The zero-order chi connectivity index (χ0) is 11.3. The van der Waals surface area contributed by atoms with Crippen LogP contribution in [0.5, 0.6) is 0 Å². The highest BCUT2D eigenvalue weighted by molar-refractivity contribution is 9.09. The van der Waals surface area contributed by atoms with Crippen molar-refractivity contribution in [1.82, 2.24) is 0 Å². The van der Waals surface area contributed by atoms with Gasteiger partial charge in [-0.2, -0.15) is 0 Å². The van der Waals surface area contributed by atoms with Crippen LogP contribution in [-0.4, -0.2) is 5.33 Å². The summed E-state index contributed by atoms with van der Waals surface area (Å²) in [4.78, 5) is 0. The molecule has 0 aliphatic carbocycles. The Bertz CT molecular complexity index is 274. The molecule has 0 spiro atoms. The van der Waals surface area contributed by atoms with Gasteiger partial charge in [0, 0.05) is 5.33 Å². The first-order chi connectivity index (χ1) is 7.13. The van der Waals surface area contributed by atoms with Crippen molar-refractivity contribution < 1.29 is 0 Å². The van der Waals surface area contributed by atoms with Gasteiger partial charge in [-0.05, 0) is 30.7 Å². The Kier molecular flexibility index (Phi) is 5.38. The second-order valence-corrected chi connectivity index (χ2v) is 5.38. The molecule has 0 bridgehead atoms. The first-order valence-electron chi connectivity index (χ1n) is 5.76. The third-order valence-electron chi connectivity index (χ3n) is 2.83. The average Bonchev–Trinajstić information content (AvgIpc) is 2.21. The molecule has 1 aromatic carbocycles. The molecule has 0 fully saturated rings. The fourth-order valence-electron chi connectivity index (χ4n) is 1.71. The molecule has 1 heteroatoms. The van der Waals surface area contributed by atoms with Crippen LogP contribution in [0.4, 0.5) is 0 Å². The molecule has 1 atom stereocenters. The van der Waals surface area contributed by atoms with Crippen LogP contribution in [0.15, 0.2) is 24.3 Å². The third-order valence-corrected chi connectivity index (χ3v) is 3.61. The molecule has 0 saturated carbocycles. The van der Waals surface area contributed by atoms with Crippen molar-refractivity contribution in [2.45, 2.75) is 39.5 Å². The van der Waals surface area contributed by atoms with Gasteiger partial charge in [0.15, 0.2) is 0 Å². The molecular formula is C14H21Br. The Morgan fingerprint density at radius 1 is 1.07 bits per heavy atom. The van der Waals surface area contributed by atoms with E-state index < -0.39 is 0 Å². The lowest BCUT2D eigenvalue weighted by atomic mass is 9.92. The SMILES string of the molecule is Cc1ccc(C(CBr)CCC(C)C)cc1. The minimum atomic E-state index is 0.674. The number of alkyl halides is 1. The van der Waals surface area contributed by atoms with Crippen LogP contribution < -0.4 is 0 Å². The van der Waals surface area contributed by atoms with Crippen molar-refractivity contribution in [3.8, 4) is 0 Å². The molecule has 0 saturated heterocycles. The minimum absolute atomic E-state index is 0.674. The molecule has 1 unspecified atom stereocenters. The fraction of sp³-hybridized carbons (Fsp3) is 0.571. The van der Waals surface area contributed by atoms with E-state index >= 15 is 0 Å². The van der Waals surface area contributed by atoms with Crippen LogP contribution in [0.1, 0.15) is 43.7 Å². The number of benzene rings is 1. The molecule has 15 heavy (non-hydrogen) atoms. The summed E-state index contributed by atoms with van der Waals surface area (Å²) in [6.07, 6.45) is 2.59. The lowest BCUT2D eigenvalue weighted by Gasteiger charge is -2.16. The van der Waals surface area contributed by atoms with Gasteiger partial charge in [0.05, 0.1) is 0 Å². The van der Waals surface area contributed by atoms with Crippen molar-refractivity contribution >= 4 is 15.9 Å². The van der Waals surface area contributed by atoms with Crippen molar-refractivity contribution in [2.24, 2.45) is 5.92 Å². The third kappa shape index (κ3) is 4.38. The number of rotatable bonds is 5. The van der Waals surface area contributed by atoms with E-state index in [1.165, 1.54) is 24.0 Å². The van der Waals surface area contributed by atoms with Crippen LogP contribution >= 0.6 is 15.9 Å². The maximum absolute atomic E-state index is 3.62. The number of hydrogen-bond acceptors (Lipinski definition) is 0. The quantitative estimate of drug-likeness (QED) is 0.666. The molecular weight excluding hydrogens is 248 g/mol. The fourth-order valence-corrected chi connectivity index (χ4v) is 2.40. The van der Waals surface area contributed by atoms with Gasteiger partial charge in [-0.25, -0.2) is 0 Å². The normalized spacial score (nSPS) is 13.1. The molecule has 0 aliphatic heterocycles. The van der Waals surface area contributed by atoms with E-state index in [1.54, 1.807) is 0 Å². The topological polar surface area (TPSA) is 0 Å². The largest absolute Gasteiger partial charge is 0.0921 e. The molecule has 84 valence electrons. The van der Waals surface area contributed by atoms with Crippen molar-refractivity contribution in [3.05, 3.63) is 35.4 Å². The summed E-state index contributed by atoms with van der Waals surface area (Å²) in [5, 5.41) is 1.07. The minimum Gasteiger partial charge on any atom is -0.0921 e.